The lowest BCUT2D eigenvalue weighted by molar-refractivity contribution is -0.119. The van der Waals surface area contributed by atoms with Gasteiger partial charge in [-0.2, -0.15) is 0 Å². The molecule has 144 valence electrons. The summed E-state index contributed by atoms with van der Waals surface area (Å²) < 4.78 is 11.4. The highest BCUT2D eigenvalue weighted by atomic mass is 32.2. The molecular formula is C22H27NO3S. The molecule has 0 aromatic heterocycles. The average molecular weight is 386 g/mol. The van der Waals surface area contributed by atoms with E-state index < -0.39 is 0 Å². The molecule has 0 bridgehead atoms. The van der Waals surface area contributed by atoms with Crippen molar-refractivity contribution in [3.8, 4) is 11.5 Å². The zero-order chi connectivity index (χ0) is 19.4. The SMILES string of the molecule is COc1ccc2c(c1)C(NC(=O)CSCc1cccc(C)c1)CC(C)(C)O2. The number of aryl methyl sites for hydroxylation is 1. The van der Waals surface area contributed by atoms with Crippen LogP contribution in [0, 0.1) is 6.92 Å². The fraction of sp³-hybridized carbons (Fsp3) is 0.409. The van der Waals surface area contributed by atoms with E-state index in [0.717, 1.165) is 29.2 Å². The van der Waals surface area contributed by atoms with Crippen LogP contribution < -0.4 is 14.8 Å². The molecule has 0 fully saturated rings. The first-order valence-corrected chi connectivity index (χ1v) is 10.3. The number of carbonyl (C=O) groups is 1. The minimum atomic E-state index is -0.325. The normalized spacial score (nSPS) is 17.6. The molecule has 2 aromatic rings. The molecule has 4 nitrogen and oxygen atoms in total. The number of hydrogen-bond donors (Lipinski definition) is 1. The molecule has 1 aliphatic rings. The lowest BCUT2D eigenvalue weighted by atomic mass is 9.89. The van der Waals surface area contributed by atoms with Crippen LogP contribution in [-0.4, -0.2) is 24.4 Å². The topological polar surface area (TPSA) is 47.6 Å². The summed E-state index contributed by atoms with van der Waals surface area (Å²) in [7, 11) is 1.64. The molecule has 3 rings (SSSR count). The maximum absolute atomic E-state index is 12.5. The van der Waals surface area contributed by atoms with Gasteiger partial charge in [0, 0.05) is 17.7 Å². The van der Waals surface area contributed by atoms with Crippen LogP contribution in [0.5, 0.6) is 11.5 Å². The van der Waals surface area contributed by atoms with Crippen molar-refractivity contribution in [3.05, 3.63) is 59.2 Å². The van der Waals surface area contributed by atoms with Crippen molar-refractivity contribution in [3.63, 3.8) is 0 Å². The van der Waals surface area contributed by atoms with Crippen molar-refractivity contribution in [2.75, 3.05) is 12.9 Å². The lowest BCUT2D eigenvalue weighted by Crippen LogP contribution is -2.41. The smallest absolute Gasteiger partial charge is 0.230 e. The summed E-state index contributed by atoms with van der Waals surface area (Å²) in [6.45, 7) is 6.18. The Bertz CT molecular complexity index is 819. The van der Waals surface area contributed by atoms with Gasteiger partial charge < -0.3 is 14.8 Å². The summed E-state index contributed by atoms with van der Waals surface area (Å²) in [6, 6.07) is 14.1. The van der Waals surface area contributed by atoms with Crippen LogP contribution in [0.3, 0.4) is 0 Å². The Morgan fingerprint density at radius 1 is 1.30 bits per heavy atom. The zero-order valence-corrected chi connectivity index (χ0v) is 17.2. The van der Waals surface area contributed by atoms with Crippen molar-refractivity contribution in [2.24, 2.45) is 0 Å². The Labute approximate surface area is 165 Å². The van der Waals surface area contributed by atoms with Gasteiger partial charge in [-0.05, 0) is 44.5 Å². The van der Waals surface area contributed by atoms with E-state index in [1.807, 2.05) is 32.0 Å². The van der Waals surface area contributed by atoms with Crippen LogP contribution in [0.25, 0.3) is 0 Å². The highest BCUT2D eigenvalue weighted by Gasteiger charge is 2.34. The Hall–Kier alpha value is -2.14. The van der Waals surface area contributed by atoms with Gasteiger partial charge in [0.05, 0.1) is 18.9 Å². The summed E-state index contributed by atoms with van der Waals surface area (Å²) in [5.74, 6) is 2.89. The van der Waals surface area contributed by atoms with Crippen LogP contribution in [-0.2, 0) is 10.5 Å². The van der Waals surface area contributed by atoms with E-state index in [-0.39, 0.29) is 17.6 Å². The second-order valence-electron chi connectivity index (χ2n) is 7.57. The summed E-state index contributed by atoms with van der Waals surface area (Å²) in [5.41, 5.74) is 3.14. The van der Waals surface area contributed by atoms with Crippen molar-refractivity contribution in [1.82, 2.24) is 5.32 Å². The van der Waals surface area contributed by atoms with Crippen LogP contribution in [0.1, 0.15) is 43.0 Å². The molecule has 0 aliphatic carbocycles. The number of amides is 1. The van der Waals surface area contributed by atoms with Gasteiger partial charge in [0.2, 0.25) is 5.91 Å². The number of nitrogens with one attached hydrogen (secondary N) is 1. The third kappa shape index (κ3) is 5.19. The second-order valence-corrected chi connectivity index (χ2v) is 8.56. The Morgan fingerprint density at radius 3 is 2.85 bits per heavy atom. The van der Waals surface area contributed by atoms with Gasteiger partial charge in [-0.1, -0.05) is 29.8 Å². The van der Waals surface area contributed by atoms with Gasteiger partial charge in [0.1, 0.15) is 17.1 Å². The maximum atomic E-state index is 12.5. The van der Waals surface area contributed by atoms with E-state index >= 15 is 0 Å². The van der Waals surface area contributed by atoms with E-state index in [0.29, 0.717) is 5.75 Å². The molecule has 0 radical (unpaired) electrons. The van der Waals surface area contributed by atoms with Gasteiger partial charge in [-0.25, -0.2) is 0 Å². The lowest BCUT2D eigenvalue weighted by Gasteiger charge is -2.38. The van der Waals surface area contributed by atoms with Crippen molar-refractivity contribution in [1.29, 1.82) is 0 Å². The predicted octanol–water partition coefficient (Wildman–Crippen LogP) is 4.66. The molecule has 27 heavy (non-hydrogen) atoms. The third-order valence-electron chi connectivity index (χ3n) is 4.59. The monoisotopic (exact) mass is 385 g/mol. The van der Waals surface area contributed by atoms with Gasteiger partial charge >= 0.3 is 0 Å². The maximum Gasteiger partial charge on any atom is 0.230 e. The minimum Gasteiger partial charge on any atom is -0.497 e. The number of thioether (sulfide) groups is 1. The summed E-state index contributed by atoms with van der Waals surface area (Å²) in [5, 5.41) is 3.18. The first-order chi connectivity index (χ1) is 12.9. The van der Waals surface area contributed by atoms with Gasteiger partial charge in [0.25, 0.3) is 0 Å². The molecule has 1 unspecified atom stereocenters. The first-order valence-electron chi connectivity index (χ1n) is 9.16. The average Bonchev–Trinajstić information content (AvgIpc) is 2.60. The molecule has 1 aliphatic heterocycles. The van der Waals surface area contributed by atoms with E-state index in [4.69, 9.17) is 9.47 Å². The number of carbonyl (C=O) groups excluding carboxylic acids is 1. The largest absolute Gasteiger partial charge is 0.497 e. The van der Waals surface area contributed by atoms with Crippen LogP contribution >= 0.6 is 11.8 Å². The molecule has 2 aromatic carbocycles. The number of hydrogen-bond acceptors (Lipinski definition) is 4. The van der Waals surface area contributed by atoms with Gasteiger partial charge in [0.15, 0.2) is 0 Å². The fourth-order valence-corrected chi connectivity index (χ4v) is 4.17. The number of ether oxygens (including phenoxy) is 2. The van der Waals surface area contributed by atoms with E-state index in [9.17, 15) is 4.79 Å². The molecule has 1 N–H and O–H groups in total. The number of fused-ring (bicyclic) bond motifs is 1. The number of methoxy groups -OCH3 is 1. The second kappa shape index (κ2) is 8.26. The zero-order valence-electron chi connectivity index (χ0n) is 16.4. The number of benzene rings is 2. The highest BCUT2D eigenvalue weighted by molar-refractivity contribution is 7.99. The Kier molecular flexibility index (Phi) is 6.00. The minimum absolute atomic E-state index is 0.0455. The van der Waals surface area contributed by atoms with E-state index in [1.54, 1.807) is 18.9 Å². The quantitative estimate of drug-likeness (QED) is 0.786. The van der Waals surface area contributed by atoms with Crippen LogP contribution in [0.4, 0.5) is 0 Å². The molecule has 1 atom stereocenters. The van der Waals surface area contributed by atoms with Crippen molar-refractivity contribution in [2.45, 2.75) is 44.6 Å². The highest BCUT2D eigenvalue weighted by Crippen LogP contribution is 2.41. The molecule has 5 heteroatoms. The first kappa shape index (κ1) is 19.6. The third-order valence-corrected chi connectivity index (χ3v) is 5.60. The molecular weight excluding hydrogens is 358 g/mol. The van der Waals surface area contributed by atoms with Crippen molar-refractivity contribution >= 4 is 17.7 Å². The fourth-order valence-electron chi connectivity index (χ4n) is 3.39. The summed E-state index contributed by atoms with van der Waals surface area (Å²) in [4.78, 5) is 12.5. The molecule has 0 saturated heterocycles. The molecule has 0 spiro atoms. The van der Waals surface area contributed by atoms with Gasteiger partial charge in [-0.3, -0.25) is 4.79 Å². The Morgan fingerprint density at radius 2 is 2.11 bits per heavy atom. The molecule has 1 heterocycles. The van der Waals surface area contributed by atoms with Crippen LogP contribution in [0.2, 0.25) is 0 Å². The van der Waals surface area contributed by atoms with E-state index in [1.165, 1.54) is 11.1 Å². The summed E-state index contributed by atoms with van der Waals surface area (Å²) >= 11 is 1.63. The number of rotatable bonds is 6. The Balaban J connectivity index is 1.63. The summed E-state index contributed by atoms with van der Waals surface area (Å²) in [6.07, 6.45) is 0.724. The molecule has 0 saturated carbocycles. The molecule has 1 amide bonds. The van der Waals surface area contributed by atoms with Crippen molar-refractivity contribution < 1.29 is 14.3 Å². The van der Waals surface area contributed by atoms with Crippen LogP contribution in [0.15, 0.2) is 42.5 Å². The predicted molar refractivity (Wildman–Crippen MR) is 111 cm³/mol. The standard InChI is InChI=1S/C22H27NO3S/c1-15-6-5-7-16(10-15)13-27-14-21(24)23-19-12-22(2,3)26-20-9-8-17(25-4)11-18(19)20/h5-11,19H,12-14H2,1-4H3,(H,23,24). The van der Waals surface area contributed by atoms with Gasteiger partial charge in [-0.15, -0.1) is 11.8 Å². The van der Waals surface area contributed by atoms with E-state index in [2.05, 4.69) is 36.5 Å².